The molecule has 0 amide bonds. The second-order valence-electron chi connectivity index (χ2n) is 9.48. The predicted molar refractivity (Wildman–Crippen MR) is 143 cm³/mol. The van der Waals surface area contributed by atoms with Crippen molar-refractivity contribution in [2.45, 2.75) is 32.4 Å². The molecule has 2 aliphatic rings. The molecule has 0 saturated carbocycles. The van der Waals surface area contributed by atoms with E-state index in [0.717, 1.165) is 50.5 Å². The van der Waals surface area contributed by atoms with Gasteiger partial charge >= 0.3 is 0 Å². The van der Waals surface area contributed by atoms with Gasteiger partial charge in [0.25, 0.3) is 5.88 Å². The highest BCUT2D eigenvalue weighted by Crippen LogP contribution is 2.26. The first-order valence-electron chi connectivity index (χ1n) is 12.5. The van der Waals surface area contributed by atoms with E-state index in [9.17, 15) is 4.39 Å². The van der Waals surface area contributed by atoms with Gasteiger partial charge in [-0.15, -0.1) is 5.11 Å². The molecule has 1 aromatic heterocycles. The molecule has 2 aliphatic heterocycles. The summed E-state index contributed by atoms with van der Waals surface area (Å²) in [6.45, 7) is 7.72. The van der Waals surface area contributed by atoms with E-state index >= 15 is 0 Å². The van der Waals surface area contributed by atoms with Crippen LogP contribution in [0.2, 0.25) is 5.02 Å². The van der Waals surface area contributed by atoms with Gasteiger partial charge in [-0.3, -0.25) is 9.88 Å². The van der Waals surface area contributed by atoms with Gasteiger partial charge in [-0.05, 0) is 75.5 Å². The molecule has 3 heterocycles. The second-order valence-corrected chi connectivity index (χ2v) is 9.92. The summed E-state index contributed by atoms with van der Waals surface area (Å²) in [6.07, 6.45) is 5.12. The maximum atomic E-state index is 14.6. The largest absolute Gasteiger partial charge is 0.469 e. The average molecular weight is 529 g/mol. The van der Waals surface area contributed by atoms with Gasteiger partial charge < -0.3 is 19.7 Å². The third kappa shape index (κ3) is 7.82. The third-order valence-corrected chi connectivity index (χ3v) is 6.74. The number of ether oxygens (including phenoxy) is 2. The Morgan fingerprint density at radius 3 is 2.95 bits per heavy atom. The highest BCUT2D eigenvalue weighted by molar-refractivity contribution is 6.30. The van der Waals surface area contributed by atoms with Crippen LogP contribution in [-0.4, -0.2) is 67.3 Å². The van der Waals surface area contributed by atoms with Crippen molar-refractivity contribution >= 4 is 22.9 Å². The predicted octanol–water partition coefficient (Wildman–Crippen LogP) is 5.53. The summed E-state index contributed by atoms with van der Waals surface area (Å²) in [6, 6.07) is 8.26. The molecule has 37 heavy (non-hydrogen) atoms. The Hall–Kier alpha value is -2.85. The van der Waals surface area contributed by atoms with Crippen molar-refractivity contribution in [2.75, 3.05) is 51.8 Å². The monoisotopic (exact) mass is 528 g/mol. The molecule has 0 aliphatic carbocycles. The summed E-state index contributed by atoms with van der Waals surface area (Å²) in [5.41, 5.74) is 10.9. The molecule has 4 rings (SSSR count). The quantitative estimate of drug-likeness (QED) is 0.253. The van der Waals surface area contributed by atoms with Crippen LogP contribution in [0.15, 0.2) is 59.3 Å². The SMILES string of the molecule is C/C(=C\C(Nc1ccnc(CN2CCCN(C)CC2)c1)=C(/N=N)OC1CCOC1)c1cc(Cl)ccc1F. The number of hydrogen-bond acceptors (Lipinski definition) is 8. The first-order chi connectivity index (χ1) is 17.9. The van der Waals surface area contributed by atoms with Crippen LogP contribution in [0.5, 0.6) is 0 Å². The standard InChI is InChI=1S/C27H34ClFN6O2/c1-19(24-15-20(28)4-5-25(24)29)14-26(27(33-30)37-23-7-13-36-18-23)32-21-6-8-31-22(16-21)17-35-10-3-9-34(2)11-12-35/h4-6,8,14-16,23,30H,3,7,9-13,17-18H2,1-2H3,(H,31,32)/b19-14+,27-26-,33-30?. The molecular weight excluding hydrogens is 495 g/mol. The van der Waals surface area contributed by atoms with Crippen LogP contribution in [0.4, 0.5) is 10.1 Å². The number of aromatic nitrogens is 1. The summed E-state index contributed by atoms with van der Waals surface area (Å²) in [5.74, 6) is -0.285. The fourth-order valence-corrected chi connectivity index (χ4v) is 4.62. The first kappa shape index (κ1) is 27.2. The van der Waals surface area contributed by atoms with Crippen LogP contribution in [0.1, 0.15) is 31.0 Å². The van der Waals surface area contributed by atoms with Gasteiger partial charge in [-0.25, -0.2) is 9.92 Å². The Balaban J connectivity index is 1.61. The van der Waals surface area contributed by atoms with Gasteiger partial charge in [0.05, 0.1) is 18.9 Å². The summed E-state index contributed by atoms with van der Waals surface area (Å²) in [4.78, 5) is 9.33. The average Bonchev–Trinajstić information content (AvgIpc) is 3.32. The minimum absolute atomic E-state index is 0.103. The number of anilines is 1. The molecule has 0 radical (unpaired) electrons. The Labute approximate surface area is 222 Å². The maximum Gasteiger partial charge on any atom is 0.257 e. The van der Waals surface area contributed by atoms with E-state index < -0.39 is 0 Å². The molecule has 1 unspecified atom stereocenters. The molecule has 1 aromatic carbocycles. The molecule has 8 nitrogen and oxygen atoms in total. The van der Waals surface area contributed by atoms with Gasteiger partial charge in [-0.1, -0.05) is 11.6 Å². The summed E-state index contributed by atoms with van der Waals surface area (Å²) < 4.78 is 26.0. The van der Waals surface area contributed by atoms with Crippen LogP contribution in [0.25, 0.3) is 5.57 Å². The van der Waals surface area contributed by atoms with Crippen molar-refractivity contribution in [1.29, 1.82) is 5.53 Å². The number of rotatable bonds is 9. The molecule has 1 atom stereocenters. The van der Waals surface area contributed by atoms with E-state index in [2.05, 4.69) is 32.3 Å². The van der Waals surface area contributed by atoms with E-state index in [4.69, 9.17) is 26.6 Å². The van der Waals surface area contributed by atoms with E-state index in [-0.39, 0.29) is 17.8 Å². The summed E-state index contributed by atoms with van der Waals surface area (Å²) in [7, 11) is 2.15. The van der Waals surface area contributed by atoms with Crippen LogP contribution >= 0.6 is 11.6 Å². The maximum absolute atomic E-state index is 14.6. The molecule has 10 heteroatoms. The third-order valence-electron chi connectivity index (χ3n) is 6.51. The van der Waals surface area contributed by atoms with Crippen molar-refractivity contribution in [1.82, 2.24) is 14.8 Å². The summed E-state index contributed by atoms with van der Waals surface area (Å²) in [5, 5.41) is 7.44. The van der Waals surface area contributed by atoms with Crippen molar-refractivity contribution in [3.63, 3.8) is 0 Å². The fraction of sp³-hybridized carbons (Fsp3) is 0.444. The Kier molecular flexibility index (Phi) is 9.62. The number of hydrogen-bond donors (Lipinski definition) is 2. The lowest BCUT2D eigenvalue weighted by Crippen LogP contribution is -2.28. The van der Waals surface area contributed by atoms with Crippen molar-refractivity contribution in [3.8, 4) is 0 Å². The molecule has 2 saturated heterocycles. The lowest BCUT2D eigenvalue weighted by Gasteiger charge is -2.20. The van der Waals surface area contributed by atoms with Crippen molar-refractivity contribution in [3.05, 3.63) is 76.3 Å². The van der Waals surface area contributed by atoms with E-state index in [1.54, 1.807) is 25.3 Å². The number of pyridine rings is 1. The van der Waals surface area contributed by atoms with Crippen molar-refractivity contribution in [2.24, 2.45) is 5.11 Å². The molecule has 2 aromatic rings. The number of halogens is 2. The molecule has 0 spiro atoms. The van der Waals surface area contributed by atoms with Gasteiger partial charge in [0, 0.05) is 48.5 Å². The van der Waals surface area contributed by atoms with Crippen LogP contribution in [0.3, 0.4) is 0 Å². The van der Waals surface area contributed by atoms with Gasteiger partial charge in [0.2, 0.25) is 0 Å². The number of nitrogens with zero attached hydrogens (tertiary/aromatic N) is 4. The minimum Gasteiger partial charge on any atom is -0.469 e. The van der Waals surface area contributed by atoms with Crippen LogP contribution in [0, 0.1) is 11.3 Å². The zero-order chi connectivity index (χ0) is 26.2. The Morgan fingerprint density at radius 1 is 1.30 bits per heavy atom. The van der Waals surface area contributed by atoms with E-state index in [0.29, 0.717) is 41.5 Å². The topological polar surface area (TPSA) is 86.1 Å². The number of allylic oxidation sites excluding steroid dienone is 2. The molecule has 198 valence electrons. The van der Waals surface area contributed by atoms with Crippen LogP contribution in [-0.2, 0) is 16.0 Å². The fourth-order valence-electron chi connectivity index (χ4n) is 4.44. The molecule has 0 bridgehead atoms. The van der Waals surface area contributed by atoms with Gasteiger partial charge in [-0.2, -0.15) is 0 Å². The Morgan fingerprint density at radius 2 is 2.16 bits per heavy atom. The van der Waals surface area contributed by atoms with E-state index in [1.165, 1.54) is 12.1 Å². The number of nitrogens with one attached hydrogen (secondary N) is 2. The van der Waals surface area contributed by atoms with E-state index in [1.807, 2.05) is 12.1 Å². The first-order valence-corrected chi connectivity index (χ1v) is 12.9. The highest BCUT2D eigenvalue weighted by Gasteiger charge is 2.21. The molecule has 2 fully saturated rings. The smallest absolute Gasteiger partial charge is 0.257 e. The minimum atomic E-state index is -0.388. The number of benzene rings is 1. The molecular formula is C27H34ClFN6O2. The Bertz CT molecular complexity index is 1150. The lowest BCUT2D eigenvalue weighted by molar-refractivity contribution is 0.0876. The zero-order valence-electron chi connectivity index (χ0n) is 21.3. The lowest BCUT2D eigenvalue weighted by atomic mass is 10.1. The van der Waals surface area contributed by atoms with Crippen LogP contribution < -0.4 is 5.32 Å². The normalized spacial score (nSPS) is 20.3. The zero-order valence-corrected chi connectivity index (χ0v) is 22.1. The second kappa shape index (κ2) is 13.1. The number of likely N-dealkylation sites (N-methyl/N-ethyl adjacent to an activating group) is 1. The summed E-state index contributed by atoms with van der Waals surface area (Å²) >= 11 is 6.12. The molecule has 2 N–H and O–H groups in total. The van der Waals surface area contributed by atoms with Crippen molar-refractivity contribution < 1.29 is 13.9 Å². The van der Waals surface area contributed by atoms with Gasteiger partial charge in [0.1, 0.15) is 17.6 Å². The highest BCUT2D eigenvalue weighted by atomic mass is 35.5. The van der Waals surface area contributed by atoms with Gasteiger partial charge in [0.15, 0.2) is 0 Å².